The van der Waals surface area contributed by atoms with E-state index in [1.165, 1.54) is 0 Å². The van der Waals surface area contributed by atoms with Crippen molar-refractivity contribution in [2.75, 3.05) is 10.7 Å². The molecule has 0 saturated carbocycles. The van der Waals surface area contributed by atoms with E-state index in [2.05, 4.69) is 16.2 Å². The van der Waals surface area contributed by atoms with Crippen LogP contribution in [0, 0.1) is 0 Å². The van der Waals surface area contributed by atoms with E-state index < -0.39 is 11.7 Å². The van der Waals surface area contributed by atoms with Gasteiger partial charge >= 0.3 is 6.09 Å². The maximum Gasteiger partial charge on any atom is 0.412 e. The van der Waals surface area contributed by atoms with Crippen LogP contribution in [-0.2, 0) is 11.3 Å². The second-order valence-electron chi connectivity index (χ2n) is 6.24. The van der Waals surface area contributed by atoms with Crippen LogP contribution in [0.1, 0.15) is 26.3 Å². The van der Waals surface area contributed by atoms with Crippen molar-refractivity contribution in [2.24, 2.45) is 0 Å². The first-order valence-corrected chi connectivity index (χ1v) is 8.04. The van der Waals surface area contributed by atoms with Crippen molar-refractivity contribution in [3.63, 3.8) is 0 Å². The van der Waals surface area contributed by atoms with Crippen LogP contribution in [0.4, 0.5) is 16.2 Å². The van der Waals surface area contributed by atoms with Gasteiger partial charge in [0, 0.05) is 22.8 Å². The largest absolute Gasteiger partial charge is 0.444 e. The summed E-state index contributed by atoms with van der Waals surface area (Å²) in [6.45, 7) is 5.88. The molecule has 0 atom stereocenters. The summed E-state index contributed by atoms with van der Waals surface area (Å²) < 4.78 is 5.28. The molecule has 128 valence electrons. The molecule has 3 N–H and O–H groups in total. The highest BCUT2D eigenvalue weighted by molar-refractivity contribution is 6.31. The van der Waals surface area contributed by atoms with Gasteiger partial charge in [-0.15, -0.1) is 0 Å². The average Bonchev–Trinajstić information content (AvgIpc) is 2.49. The van der Waals surface area contributed by atoms with E-state index in [0.717, 1.165) is 11.3 Å². The molecule has 0 radical (unpaired) electrons. The molecule has 0 heterocycles. The number of hydrogen-bond acceptors (Lipinski definition) is 4. The van der Waals surface area contributed by atoms with Crippen molar-refractivity contribution < 1.29 is 9.53 Å². The summed E-state index contributed by atoms with van der Waals surface area (Å²) >= 11 is 6.27. The minimum Gasteiger partial charge on any atom is -0.444 e. The standard InChI is InChI=1S/C18H22ClN3O2/c1-18(2,3)24-17(23)21-16-11-7-10-15(19)14(16)12-20-22-13-8-5-4-6-9-13/h4-11,20,22H,12H2,1-3H3,(H,21,23). The molecule has 0 unspecified atom stereocenters. The monoisotopic (exact) mass is 347 g/mol. The Balaban J connectivity index is 2.02. The fraction of sp³-hybridized carbons (Fsp3) is 0.278. The van der Waals surface area contributed by atoms with E-state index in [0.29, 0.717) is 17.3 Å². The summed E-state index contributed by atoms with van der Waals surface area (Å²) in [5, 5.41) is 3.30. The van der Waals surface area contributed by atoms with Crippen LogP contribution >= 0.6 is 11.6 Å². The molecule has 0 saturated heterocycles. The van der Waals surface area contributed by atoms with Gasteiger partial charge in [0.05, 0.1) is 5.69 Å². The molecule has 0 aromatic heterocycles. The number of carbonyl (C=O) groups is 1. The summed E-state index contributed by atoms with van der Waals surface area (Å²) in [6.07, 6.45) is -0.512. The molecule has 0 aliphatic rings. The highest BCUT2D eigenvalue weighted by atomic mass is 35.5. The van der Waals surface area contributed by atoms with Crippen LogP contribution in [0.2, 0.25) is 5.02 Å². The fourth-order valence-electron chi connectivity index (χ4n) is 2.03. The topological polar surface area (TPSA) is 62.4 Å². The normalized spacial score (nSPS) is 11.0. The lowest BCUT2D eigenvalue weighted by Gasteiger charge is -2.21. The van der Waals surface area contributed by atoms with Crippen LogP contribution in [0.25, 0.3) is 0 Å². The van der Waals surface area contributed by atoms with Gasteiger partial charge in [-0.1, -0.05) is 35.9 Å². The molecule has 5 nitrogen and oxygen atoms in total. The predicted octanol–water partition coefficient (Wildman–Crippen LogP) is 4.80. The number of nitrogens with one attached hydrogen (secondary N) is 3. The Bertz CT molecular complexity index is 684. The third-order valence-corrected chi connectivity index (χ3v) is 3.38. The van der Waals surface area contributed by atoms with E-state index in [1.54, 1.807) is 18.2 Å². The van der Waals surface area contributed by atoms with Crippen molar-refractivity contribution in [2.45, 2.75) is 32.9 Å². The molecule has 0 spiro atoms. The zero-order valence-electron chi connectivity index (χ0n) is 14.0. The van der Waals surface area contributed by atoms with Crippen LogP contribution in [0.3, 0.4) is 0 Å². The Labute approximate surface area is 147 Å². The molecule has 0 fully saturated rings. The smallest absolute Gasteiger partial charge is 0.412 e. The molecule has 2 aromatic carbocycles. The van der Waals surface area contributed by atoms with E-state index in [-0.39, 0.29) is 0 Å². The average molecular weight is 348 g/mol. The molecule has 6 heteroatoms. The Morgan fingerprint density at radius 3 is 2.46 bits per heavy atom. The zero-order chi connectivity index (χ0) is 17.6. The van der Waals surface area contributed by atoms with E-state index in [1.807, 2.05) is 51.1 Å². The Hall–Kier alpha value is -2.24. The summed E-state index contributed by atoms with van der Waals surface area (Å²) in [5.74, 6) is 0. The third kappa shape index (κ3) is 5.76. The lowest BCUT2D eigenvalue weighted by atomic mass is 10.1. The number of carbonyl (C=O) groups excluding carboxylic acids is 1. The van der Waals surface area contributed by atoms with Gasteiger partial charge in [0.1, 0.15) is 5.60 Å². The van der Waals surface area contributed by atoms with E-state index in [4.69, 9.17) is 16.3 Å². The Morgan fingerprint density at radius 2 is 1.79 bits per heavy atom. The fourth-order valence-corrected chi connectivity index (χ4v) is 2.27. The first-order chi connectivity index (χ1) is 11.3. The van der Waals surface area contributed by atoms with Crippen LogP contribution in [-0.4, -0.2) is 11.7 Å². The van der Waals surface area contributed by atoms with Crippen molar-refractivity contribution in [3.8, 4) is 0 Å². The SMILES string of the molecule is CC(C)(C)OC(=O)Nc1cccc(Cl)c1CNNc1ccccc1. The summed E-state index contributed by atoms with van der Waals surface area (Å²) in [4.78, 5) is 12.0. The van der Waals surface area contributed by atoms with Crippen LogP contribution in [0.15, 0.2) is 48.5 Å². The first kappa shape index (κ1) is 18.1. The zero-order valence-corrected chi connectivity index (χ0v) is 14.8. The molecule has 24 heavy (non-hydrogen) atoms. The predicted molar refractivity (Wildman–Crippen MR) is 98.2 cm³/mol. The quantitative estimate of drug-likeness (QED) is 0.679. The number of benzene rings is 2. The van der Waals surface area contributed by atoms with Crippen molar-refractivity contribution >= 4 is 29.1 Å². The van der Waals surface area contributed by atoms with Gasteiger partial charge in [-0.2, -0.15) is 0 Å². The Morgan fingerprint density at radius 1 is 1.08 bits per heavy atom. The third-order valence-electron chi connectivity index (χ3n) is 3.03. The lowest BCUT2D eigenvalue weighted by molar-refractivity contribution is 0.0636. The molecule has 0 aliphatic carbocycles. The molecule has 0 aliphatic heterocycles. The minimum absolute atomic E-state index is 0.430. The highest BCUT2D eigenvalue weighted by Gasteiger charge is 2.17. The number of hydrazine groups is 1. The van der Waals surface area contributed by atoms with Crippen molar-refractivity contribution in [1.82, 2.24) is 5.43 Å². The van der Waals surface area contributed by atoms with Crippen molar-refractivity contribution in [1.29, 1.82) is 0 Å². The summed E-state index contributed by atoms with van der Waals surface area (Å²) in [7, 11) is 0. The summed E-state index contributed by atoms with van der Waals surface area (Å²) in [5.41, 5.74) is 7.94. The molecule has 0 bridgehead atoms. The van der Waals surface area contributed by atoms with Gasteiger partial charge in [-0.25, -0.2) is 10.2 Å². The van der Waals surface area contributed by atoms with Gasteiger partial charge in [0.15, 0.2) is 0 Å². The molecular formula is C18H22ClN3O2. The number of halogens is 1. The first-order valence-electron chi connectivity index (χ1n) is 7.66. The highest BCUT2D eigenvalue weighted by Crippen LogP contribution is 2.25. The second-order valence-corrected chi connectivity index (χ2v) is 6.64. The molecule has 2 aromatic rings. The van der Waals surface area contributed by atoms with E-state index >= 15 is 0 Å². The van der Waals surface area contributed by atoms with Crippen LogP contribution in [0.5, 0.6) is 0 Å². The Kier molecular flexibility index (Phi) is 6.06. The van der Waals surface area contributed by atoms with Gasteiger partial charge in [0.2, 0.25) is 0 Å². The number of anilines is 2. The molecule has 1 amide bonds. The number of ether oxygens (including phenoxy) is 1. The molecule has 2 rings (SSSR count). The van der Waals surface area contributed by atoms with Gasteiger partial charge in [-0.05, 0) is 45.0 Å². The maximum atomic E-state index is 12.0. The van der Waals surface area contributed by atoms with Gasteiger partial charge < -0.3 is 10.2 Å². The van der Waals surface area contributed by atoms with Crippen molar-refractivity contribution in [3.05, 3.63) is 59.1 Å². The number of rotatable bonds is 5. The number of amides is 1. The number of hydrogen-bond donors (Lipinski definition) is 3. The van der Waals surface area contributed by atoms with Crippen LogP contribution < -0.4 is 16.2 Å². The van der Waals surface area contributed by atoms with E-state index in [9.17, 15) is 4.79 Å². The maximum absolute atomic E-state index is 12.0. The lowest BCUT2D eigenvalue weighted by Crippen LogP contribution is -2.28. The molecular weight excluding hydrogens is 326 g/mol. The second kappa shape index (κ2) is 8.04. The van der Waals surface area contributed by atoms with Gasteiger partial charge in [-0.3, -0.25) is 5.32 Å². The summed E-state index contributed by atoms with van der Waals surface area (Å²) in [6, 6.07) is 15.1. The van der Waals surface area contributed by atoms with Gasteiger partial charge in [0.25, 0.3) is 0 Å². The number of para-hydroxylation sites is 1. The minimum atomic E-state index is -0.560.